The van der Waals surface area contributed by atoms with Gasteiger partial charge in [-0.25, -0.2) is 0 Å². The highest BCUT2D eigenvalue weighted by atomic mass is 16.5. The van der Waals surface area contributed by atoms with E-state index in [1.165, 1.54) is 37.7 Å². The largest absolute Gasteiger partial charge is 0.494 e. The van der Waals surface area contributed by atoms with Crippen molar-refractivity contribution < 1.29 is 4.74 Å². The van der Waals surface area contributed by atoms with E-state index in [4.69, 9.17) is 10.5 Å². The third-order valence-corrected chi connectivity index (χ3v) is 3.98. The van der Waals surface area contributed by atoms with Crippen molar-refractivity contribution in [1.29, 1.82) is 0 Å². The molecular weight excluding hydrogens is 222 g/mol. The molecule has 1 aromatic rings. The van der Waals surface area contributed by atoms with Crippen LogP contribution in [0.15, 0.2) is 24.3 Å². The van der Waals surface area contributed by atoms with Gasteiger partial charge < -0.3 is 10.5 Å². The summed E-state index contributed by atoms with van der Waals surface area (Å²) < 4.78 is 5.44. The molecule has 0 heterocycles. The number of rotatable bonds is 6. The molecule has 0 aliphatic heterocycles. The molecule has 1 aromatic carbocycles. The van der Waals surface area contributed by atoms with E-state index in [0.29, 0.717) is 6.61 Å². The van der Waals surface area contributed by atoms with Crippen LogP contribution in [0, 0.1) is 5.92 Å². The van der Waals surface area contributed by atoms with E-state index in [1.807, 2.05) is 19.1 Å². The molecule has 1 atom stereocenters. The maximum Gasteiger partial charge on any atom is 0.119 e. The van der Waals surface area contributed by atoms with Gasteiger partial charge in [0.15, 0.2) is 0 Å². The number of nitrogens with two attached hydrogens (primary N) is 1. The highest BCUT2D eigenvalue weighted by Gasteiger charge is 2.16. The summed E-state index contributed by atoms with van der Waals surface area (Å²) in [6, 6.07) is 8.43. The van der Waals surface area contributed by atoms with Gasteiger partial charge in [-0.15, -0.1) is 0 Å². The molecule has 1 fully saturated rings. The third kappa shape index (κ3) is 3.74. The van der Waals surface area contributed by atoms with Crippen LogP contribution in [-0.2, 0) is 0 Å². The second-order valence-corrected chi connectivity index (χ2v) is 5.34. The molecule has 0 spiro atoms. The predicted molar refractivity (Wildman–Crippen MR) is 75.7 cm³/mol. The fourth-order valence-corrected chi connectivity index (χ4v) is 2.86. The Morgan fingerprint density at radius 3 is 2.50 bits per heavy atom. The second-order valence-electron chi connectivity index (χ2n) is 5.34. The van der Waals surface area contributed by atoms with Gasteiger partial charge in [-0.1, -0.05) is 37.8 Å². The Kier molecular flexibility index (Phi) is 5.06. The van der Waals surface area contributed by atoms with Gasteiger partial charge in [-0.2, -0.15) is 0 Å². The maximum absolute atomic E-state index is 6.26. The van der Waals surface area contributed by atoms with Crippen molar-refractivity contribution in [3.8, 4) is 5.75 Å². The molecule has 1 unspecified atom stereocenters. The van der Waals surface area contributed by atoms with E-state index in [0.717, 1.165) is 18.1 Å². The number of benzene rings is 1. The Hall–Kier alpha value is -1.02. The first-order chi connectivity index (χ1) is 8.79. The minimum atomic E-state index is 0.182. The molecule has 2 nitrogen and oxygen atoms in total. The molecule has 1 aliphatic rings. The summed E-state index contributed by atoms with van der Waals surface area (Å²) >= 11 is 0. The SMILES string of the molecule is CCOc1ccc(C(N)CCC2CCCC2)cc1. The van der Waals surface area contributed by atoms with Gasteiger partial charge in [0.05, 0.1) is 6.61 Å². The van der Waals surface area contributed by atoms with E-state index in [1.54, 1.807) is 0 Å². The minimum absolute atomic E-state index is 0.182. The number of hydrogen-bond acceptors (Lipinski definition) is 2. The van der Waals surface area contributed by atoms with Gasteiger partial charge in [0.2, 0.25) is 0 Å². The topological polar surface area (TPSA) is 35.2 Å². The molecule has 1 aliphatic carbocycles. The lowest BCUT2D eigenvalue weighted by atomic mass is 9.95. The van der Waals surface area contributed by atoms with Crippen molar-refractivity contribution in [2.24, 2.45) is 11.7 Å². The van der Waals surface area contributed by atoms with E-state index in [2.05, 4.69) is 12.1 Å². The fourth-order valence-electron chi connectivity index (χ4n) is 2.86. The average Bonchev–Trinajstić information content (AvgIpc) is 2.90. The van der Waals surface area contributed by atoms with Crippen molar-refractivity contribution in [1.82, 2.24) is 0 Å². The lowest BCUT2D eigenvalue weighted by Gasteiger charge is -2.15. The second kappa shape index (κ2) is 6.79. The van der Waals surface area contributed by atoms with Gasteiger partial charge >= 0.3 is 0 Å². The molecule has 0 radical (unpaired) electrons. The van der Waals surface area contributed by atoms with Crippen LogP contribution in [-0.4, -0.2) is 6.61 Å². The molecule has 2 N–H and O–H groups in total. The third-order valence-electron chi connectivity index (χ3n) is 3.98. The van der Waals surface area contributed by atoms with Gasteiger partial charge in [-0.3, -0.25) is 0 Å². The first kappa shape index (κ1) is 13.4. The van der Waals surface area contributed by atoms with Crippen LogP contribution >= 0.6 is 0 Å². The predicted octanol–water partition coefficient (Wildman–Crippen LogP) is 4.06. The molecule has 100 valence electrons. The van der Waals surface area contributed by atoms with E-state index >= 15 is 0 Å². The highest BCUT2D eigenvalue weighted by Crippen LogP contribution is 2.31. The molecule has 0 amide bonds. The molecule has 2 heteroatoms. The van der Waals surface area contributed by atoms with Crippen LogP contribution in [0.5, 0.6) is 5.75 Å². The van der Waals surface area contributed by atoms with Gasteiger partial charge in [0.1, 0.15) is 5.75 Å². The quantitative estimate of drug-likeness (QED) is 0.823. The molecule has 1 saturated carbocycles. The zero-order valence-corrected chi connectivity index (χ0v) is 11.4. The van der Waals surface area contributed by atoms with Crippen molar-refractivity contribution >= 4 is 0 Å². The van der Waals surface area contributed by atoms with Crippen molar-refractivity contribution in [3.63, 3.8) is 0 Å². The number of ether oxygens (including phenoxy) is 1. The van der Waals surface area contributed by atoms with Gasteiger partial charge in [-0.05, 0) is 43.4 Å². The molecule has 2 rings (SSSR count). The van der Waals surface area contributed by atoms with Crippen LogP contribution in [0.4, 0.5) is 0 Å². The van der Waals surface area contributed by atoms with Crippen molar-refractivity contribution in [3.05, 3.63) is 29.8 Å². The Morgan fingerprint density at radius 1 is 1.22 bits per heavy atom. The van der Waals surface area contributed by atoms with E-state index in [-0.39, 0.29) is 6.04 Å². The first-order valence-electron chi connectivity index (χ1n) is 7.28. The fraction of sp³-hybridized carbons (Fsp3) is 0.625. The maximum atomic E-state index is 6.26. The molecule has 18 heavy (non-hydrogen) atoms. The zero-order valence-electron chi connectivity index (χ0n) is 11.4. The summed E-state index contributed by atoms with van der Waals surface area (Å²) in [6.45, 7) is 2.72. The van der Waals surface area contributed by atoms with E-state index < -0.39 is 0 Å². The van der Waals surface area contributed by atoms with Crippen LogP contribution in [0.25, 0.3) is 0 Å². The first-order valence-corrected chi connectivity index (χ1v) is 7.28. The molecule has 0 aromatic heterocycles. The summed E-state index contributed by atoms with van der Waals surface area (Å²) in [5.41, 5.74) is 7.49. The van der Waals surface area contributed by atoms with Crippen LogP contribution in [0.1, 0.15) is 57.1 Å². The smallest absolute Gasteiger partial charge is 0.119 e. The Labute approximate surface area is 111 Å². The molecule has 0 bridgehead atoms. The summed E-state index contributed by atoms with van der Waals surface area (Å²) in [5.74, 6) is 1.86. The summed E-state index contributed by atoms with van der Waals surface area (Å²) in [5, 5.41) is 0. The monoisotopic (exact) mass is 247 g/mol. The number of hydrogen-bond donors (Lipinski definition) is 1. The standard InChI is InChI=1S/C16H25NO/c1-2-18-15-10-8-14(9-11-15)16(17)12-7-13-5-3-4-6-13/h8-11,13,16H,2-7,12,17H2,1H3. The van der Waals surface area contributed by atoms with E-state index in [9.17, 15) is 0 Å². The van der Waals surface area contributed by atoms with Crippen LogP contribution in [0.3, 0.4) is 0 Å². The summed E-state index contributed by atoms with van der Waals surface area (Å²) in [6.07, 6.45) is 8.06. The summed E-state index contributed by atoms with van der Waals surface area (Å²) in [4.78, 5) is 0. The minimum Gasteiger partial charge on any atom is -0.494 e. The van der Waals surface area contributed by atoms with Crippen molar-refractivity contribution in [2.45, 2.75) is 51.5 Å². The lowest BCUT2D eigenvalue weighted by molar-refractivity contribution is 0.340. The van der Waals surface area contributed by atoms with Crippen molar-refractivity contribution in [2.75, 3.05) is 6.61 Å². The molecule has 0 saturated heterocycles. The van der Waals surface area contributed by atoms with Crippen LogP contribution in [0.2, 0.25) is 0 Å². The Balaban J connectivity index is 1.81. The average molecular weight is 247 g/mol. The summed E-state index contributed by atoms with van der Waals surface area (Å²) in [7, 11) is 0. The normalized spacial score (nSPS) is 17.9. The van der Waals surface area contributed by atoms with Gasteiger partial charge in [0.25, 0.3) is 0 Å². The highest BCUT2D eigenvalue weighted by molar-refractivity contribution is 5.28. The Morgan fingerprint density at radius 2 is 1.89 bits per heavy atom. The lowest BCUT2D eigenvalue weighted by Crippen LogP contribution is -2.11. The zero-order chi connectivity index (χ0) is 12.8. The van der Waals surface area contributed by atoms with Gasteiger partial charge in [0, 0.05) is 6.04 Å². The van der Waals surface area contributed by atoms with Crippen LogP contribution < -0.4 is 10.5 Å². The molecular formula is C16H25NO. The Bertz CT molecular complexity index is 341.